The second-order valence-corrected chi connectivity index (χ2v) is 8.14. The minimum Gasteiger partial charge on any atom is -0.493 e. The monoisotopic (exact) mass is 420 g/mol. The lowest BCUT2D eigenvalue weighted by molar-refractivity contribution is -0.143. The number of hydrogen-bond donors (Lipinski definition) is 1. The van der Waals surface area contributed by atoms with Crippen LogP contribution in [0.2, 0.25) is 0 Å². The minimum atomic E-state index is -0.136. The topological polar surface area (TPSA) is 64.3 Å². The predicted octanol–water partition coefficient (Wildman–Crippen LogP) is 5.24. The van der Waals surface area contributed by atoms with Crippen molar-refractivity contribution in [3.8, 4) is 5.88 Å². The van der Waals surface area contributed by atoms with Gasteiger partial charge in [-0.15, -0.1) is 0 Å². The van der Waals surface area contributed by atoms with E-state index in [0.717, 1.165) is 35.2 Å². The highest BCUT2D eigenvalue weighted by Crippen LogP contribution is 2.30. The smallest absolute Gasteiger partial charge is 0.305 e. The van der Waals surface area contributed by atoms with Gasteiger partial charge in [0, 0.05) is 18.4 Å². The Morgan fingerprint density at radius 2 is 1.71 bits per heavy atom. The number of nitrogens with zero attached hydrogens (tertiary/aromatic N) is 2. The summed E-state index contributed by atoms with van der Waals surface area (Å²) in [6.07, 6.45) is 2.71. The maximum Gasteiger partial charge on any atom is 0.305 e. The third-order valence-electron chi connectivity index (χ3n) is 5.33. The van der Waals surface area contributed by atoms with E-state index in [-0.39, 0.29) is 17.8 Å². The highest BCUT2D eigenvalue weighted by Gasteiger charge is 2.20. The van der Waals surface area contributed by atoms with Crippen molar-refractivity contribution in [2.45, 2.75) is 58.9 Å². The van der Waals surface area contributed by atoms with Crippen LogP contribution in [-0.4, -0.2) is 27.5 Å². The van der Waals surface area contributed by atoms with Gasteiger partial charge in [0.05, 0.1) is 18.8 Å². The standard InChI is InChI=1S/C26H32N2O3/c1-4-31-24(29)12-8-11-20-13-15-21(16-14-20)17-23-25(19(2)3)27-28(26(23)30)18-22-9-6-5-7-10-22/h5-7,9-10,13-16,19,30H,4,8,11-12,17-18H2,1-3H3. The van der Waals surface area contributed by atoms with E-state index in [4.69, 9.17) is 9.84 Å². The van der Waals surface area contributed by atoms with Crippen LogP contribution in [-0.2, 0) is 28.9 Å². The highest BCUT2D eigenvalue weighted by molar-refractivity contribution is 5.69. The number of carbonyl (C=O) groups is 1. The molecule has 3 rings (SSSR count). The van der Waals surface area contributed by atoms with E-state index in [1.165, 1.54) is 5.56 Å². The molecule has 0 amide bonds. The van der Waals surface area contributed by atoms with Crippen molar-refractivity contribution in [2.75, 3.05) is 6.61 Å². The van der Waals surface area contributed by atoms with Gasteiger partial charge in [0.2, 0.25) is 5.88 Å². The molecule has 1 heterocycles. The SMILES string of the molecule is CCOC(=O)CCCc1ccc(Cc2c(C(C)C)nn(Cc3ccccc3)c2O)cc1. The van der Waals surface area contributed by atoms with Gasteiger partial charge in [-0.2, -0.15) is 5.10 Å². The zero-order valence-electron chi connectivity index (χ0n) is 18.7. The van der Waals surface area contributed by atoms with Gasteiger partial charge in [0.1, 0.15) is 0 Å². The summed E-state index contributed by atoms with van der Waals surface area (Å²) < 4.78 is 6.67. The normalized spacial score (nSPS) is 11.1. The molecular weight excluding hydrogens is 388 g/mol. The first-order chi connectivity index (χ1) is 15.0. The lowest BCUT2D eigenvalue weighted by atomic mass is 9.98. The van der Waals surface area contributed by atoms with Crippen molar-refractivity contribution in [3.63, 3.8) is 0 Å². The molecule has 0 aliphatic carbocycles. The van der Waals surface area contributed by atoms with E-state index in [1.54, 1.807) is 4.68 Å². The molecule has 0 bridgehead atoms. The summed E-state index contributed by atoms with van der Waals surface area (Å²) in [5.41, 5.74) is 5.26. The van der Waals surface area contributed by atoms with E-state index in [1.807, 2.05) is 37.3 Å². The van der Waals surface area contributed by atoms with Crippen LogP contribution < -0.4 is 0 Å². The molecule has 0 aliphatic heterocycles. The zero-order valence-corrected chi connectivity index (χ0v) is 18.7. The van der Waals surface area contributed by atoms with Crippen molar-refractivity contribution in [2.24, 2.45) is 0 Å². The molecule has 0 unspecified atom stereocenters. The second-order valence-electron chi connectivity index (χ2n) is 8.14. The summed E-state index contributed by atoms with van der Waals surface area (Å²) in [6.45, 7) is 7.01. The zero-order chi connectivity index (χ0) is 22.2. The molecule has 1 aromatic heterocycles. The summed E-state index contributed by atoms with van der Waals surface area (Å²) in [6, 6.07) is 18.4. The number of aromatic nitrogens is 2. The molecule has 164 valence electrons. The van der Waals surface area contributed by atoms with Crippen molar-refractivity contribution in [3.05, 3.63) is 82.5 Å². The van der Waals surface area contributed by atoms with Crippen LogP contribution >= 0.6 is 0 Å². The van der Waals surface area contributed by atoms with Crippen molar-refractivity contribution >= 4 is 5.97 Å². The molecule has 0 aliphatic rings. The molecule has 1 N–H and O–H groups in total. The number of rotatable bonds is 10. The van der Waals surface area contributed by atoms with Gasteiger partial charge >= 0.3 is 5.97 Å². The minimum absolute atomic E-state index is 0.136. The van der Waals surface area contributed by atoms with Gasteiger partial charge in [0.15, 0.2) is 0 Å². The van der Waals surface area contributed by atoms with Gasteiger partial charge in [-0.25, -0.2) is 4.68 Å². The first kappa shape index (κ1) is 22.6. The molecule has 3 aromatic rings. The van der Waals surface area contributed by atoms with Crippen molar-refractivity contribution in [1.29, 1.82) is 0 Å². The Labute approximate surface area is 184 Å². The number of aromatic hydroxyl groups is 1. The van der Waals surface area contributed by atoms with Crippen LogP contribution in [0.15, 0.2) is 54.6 Å². The molecular formula is C26H32N2O3. The molecule has 0 atom stereocenters. The number of benzene rings is 2. The molecule has 0 spiro atoms. The average Bonchev–Trinajstić information content (AvgIpc) is 3.06. The van der Waals surface area contributed by atoms with Gasteiger partial charge in [0.25, 0.3) is 0 Å². The molecule has 5 nitrogen and oxygen atoms in total. The van der Waals surface area contributed by atoms with E-state index in [9.17, 15) is 9.90 Å². The van der Waals surface area contributed by atoms with Crippen LogP contribution in [0, 0.1) is 0 Å². The Morgan fingerprint density at radius 1 is 1.03 bits per heavy atom. The van der Waals surface area contributed by atoms with Crippen molar-refractivity contribution < 1.29 is 14.6 Å². The number of carbonyl (C=O) groups excluding carboxylic acids is 1. The molecule has 2 aromatic carbocycles. The van der Waals surface area contributed by atoms with Crippen LogP contribution in [0.5, 0.6) is 5.88 Å². The van der Waals surface area contributed by atoms with Crippen LogP contribution in [0.3, 0.4) is 0 Å². The van der Waals surface area contributed by atoms with E-state index in [0.29, 0.717) is 26.0 Å². The van der Waals surface area contributed by atoms with Gasteiger partial charge < -0.3 is 9.84 Å². The number of ether oxygens (including phenoxy) is 1. The Hall–Kier alpha value is -3.08. The Morgan fingerprint density at radius 3 is 2.35 bits per heavy atom. The number of aryl methyl sites for hydroxylation is 1. The fourth-order valence-electron chi connectivity index (χ4n) is 3.71. The fourth-order valence-corrected chi connectivity index (χ4v) is 3.71. The number of hydrogen-bond acceptors (Lipinski definition) is 4. The van der Waals surface area contributed by atoms with Gasteiger partial charge in [-0.05, 0) is 42.4 Å². The lowest BCUT2D eigenvalue weighted by Crippen LogP contribution is -2.04. The Balaban J connectivity index is 1.69. The van der Waals surface area contributed by atoms with E-state index in [2.05, 4.69) is 38.1 Å². The summed E-state index contributed by atoms with van der Waals surface area (Å²) in [4.78, 5) is 11.5. The van der Waals surface area contributed by atoms with E-state index < -0.39 is 0 Å². The summed E-state index contributed by atoms with van der Waals surface area (Å²) in [7, 11) is 0. The summed E-state index contributed by atoms with van der Waals surface area (Å²) >= 11 is 0. The lowest BCUT2D eigenvalue weighted by Gasteiger charge is -2.07. The molecule has 0 fully saturated rings. The summed E-state index contributed by atoms with van der Waals surface area (Å²) in [5.74, 6) is 0.328. The predicted molar refractivity (Wildman–Crippen MR) is 122 cm³/mol. The molecule has 0 saturated carbocycles. The third kappa shape index (κ3) is 6.20. The highest BCUT2D eigenvalue weighted by atomic mass is 16.5. The Kier molecular flexibility index (Phi) is 7.88. The van der Waals surface area contributed by atoms with Crippen molar-refractivity contribution in [1.82, 2.24) is 9.78 Å². The average molecular weight is 421 g/mol. The van der Waals surface area contributed by atoms with Crippen LogP contribution in [0.1, 0.15) is 67.5 Å². The van der Waals surface area contributed by atoms with Gasteiger partial charge in [-0.1, -0.05) is 68.4 Å². The maximum absolute atomic E-state index is 11.5. The molecule has 31 heavy (non-hydrogen) atoms. The fraction of sp³-hybridized carbons (Fsp3) is 0.385. The van der Waals surface area contributed by atoms with Gasteiger partial charge in [-0.3, -0.25) is 4.79 Å². The van der Waals surface area contributed by atoms with E-state index >= 15 is 0 Å². The quantitative estimate of drug-likeness (QED) is 0.456. The van der Waals surface area contributed by atoms with Crippen LogP contribution in [0.4, 0.5) is 0 Å². The molecule has 0 radical (unpaired) electrons. The first-order valence-corrected chi connectivity index (χ1v) is 11.0. The number of esters is 1. The third-order valence-corrected chi connectivity index (χ3v) is 5.33. The molecule has 0 saturated heterocycles. The Bertz CT molecular complexity index is 976. The molecule has 5 heteroatoms. The summed E-state index contributed by atoms with van der Waals surface area (Å²) in [5, 5.41) is 15.6. The second kappa shape index (κ2) is 10.8. The first-order valence-electron chi connectivity index (χ1n) is 11.0. The van der Waals surface area contributed by atoms with Crippen LogP contribution in [0.25, 0.3) is 0 Å². The maximum atomic E-state index is 11.5. The largest absolute Gasteiger partial charge is 0.493 e.